The molecule has 1 aliphatic rings. The molecule has 0 saturated carbocycles. The number of hydrogen-bond acceptors (Lipinski definition) is 4. The minimum atomic E-state index is -1.23. The lowest BCUT2D eigenvalue weighted by Gasteiger charge is -2.12. The van der Waals surface area contributed by atoms with E-state index in [1.807, 2.05) is 6.07 Å². The summed E-state index contributed by atoms with van der Waals surface area (Å²) in [5.74, 6) is -3.07. The van der Waals surface area contributed by atoms with Gasteiger partial charge in [0.05, 0.1) is 17.3 Å². The second kappa shape index (κ2) is 4.06. The first kappa shape index (κ1) is 10.8. The van der Waals surface area contributed by atoms with Gasteiger partial charge in [-0.3, -0.25) is 9.59 Å². The average Bonchev–Trinajstić information content (AvgIpc) is 2.71. The third kappa shape index (κ3) is 1.86. The molecule has 0 bridgehead atoms. The highest BCUT2D eigenvalue weighted by atomic mass is 16.4. The largest absolute Gasteiger partial charge is 0.480 e. The maximum atomic E-state index is 11.7. The number of carbonyl (C=O) groups excluding carboxylic acids is 1. The Labute approximate surface area is 96.4 Å². The third-order valence-corrected chi connectivity index (χ3v) is 2.31. The zero-order valence-electron chi connectivity index (χ0n) is 8.57. The maximum Gasteiger partial charge on any atom is 0.321 e. The van der Waals surface area contributed by atoms with Gasteiger partial charge < -0.3 is 5.11 Å². The van der Waals surface area contributed by atoms with E-state index < -0.39 is 17.8 Å². The van der Waals surface area contributed by atoms with E-state index >= 15 is 0 Å². The Balaban J connectivity index is 2.25. The summed E-state index contributed by atoms with van der Waals surface area (Å²) >= 11 is 0. The van der Waals surface area contributed by atoms with Crippen LogP contribution in [0.2, 0.25) is 0 Å². The molecule has 17 heavy (non-hydrogen) atoms. The smallest absolute Gasteiger partial charge is 0.321 e. The van der Waals surface area contributed by atoms with Crippen molar-refractivity contribution in [2.45, 2.75) is 0 Å². The molecule has 1 unspecified atom stereocenters. The Hall–Kier alpha value is -2.68. The topological polar surface area (TPSA) is 93.8 Å². The van der Waals surface area contributed by atoms with Gasteiger partial charge in [-0.2, -0.15) is 15.4 Å². The minimum absolute atomic E-state index is 0.439. The number of carboxylic acid groups (broad SMARTS) is 1. The molecule has 0 saturated heterocycles. The van der Waals surface area contributed by atoms with E-state index in [1.54, 1.807) is 0 Å². The van der Waals surface area contributed by atoms with E-state index in [-0.39, 0.29) is 0 Å². The summed E-state index contributed by atoms with van der Waals surface area (Å²) in [4.78, 5) is 22.4. The number of carboxylic acids is 1. The number of hydrogen-bond donors (Lipinski definition) is 1. The Kier molecular flexibility index (Phi) is 2.58. The van der Waals surface area contributed by atoms with Crippen LogP contribution in [-0.2, 0) is 9.59 Å². The normalized spacial score (nSPS) is 18.2. The van der Waals surface area contributed by atoms with Gasteiger partial charge in [0.2, 0.25) is 0 Å². The monoisotopic (exact) mass is 229 g/mol. The SMILES string of the molecule is N#Cc1ccc(N2N=CC(C(=O)O)C2=O)cc1. The van der Waals surface area contributed by atoms with E-state index in [2.05, 4.69) is 5.10 Å². The fourth-order valence-electron chi connectivity index (χ4n) is 1.43. The van der Waals surface area contributed by atoms with Gasteiger partial charge in [-0.05, 0) is 24.3 Å². The number of rotatable bonds is 2. The van der Waals surface area contributed by atoms with Gasteiger partial charge >= 0.3 is 5.97 Å². The number of amides is 1. The quantitative estimate of drug-likeness (QED) is 0.751. The predicted octanol–water partition coefficient (Wildman–Crippen LogP) is 0.591. The second-order valence-electron chi connectivity index (χ2n) is 3.39. The second-order valence-corrected chi connectivity index (χ2v) is 3.39. The van der Waals surface area contributed by atoms with E-state index in [0.717, 1.165) is 11.2 Å². The fourth-order valence-corrected chi connectivity index (χ4v) is 1.43. The molecule has 1 aromatic rings. The van der Waals surface area contributed by atoms with Gasteiger partial charge in [0.15, 0.2) is 5.92 Å². The Bertz CT molecular complexity index is 542. The van der Waals surface area contributed by atoms with Crippen LogP contribution in [0.5, 0.6) is 0 Å². The zero-order valence-corrected chi connectivity index (χ0v) is 8.57. The van der Waals surface area contributed by atoms with Crippen molar-refractivity contribution in [1.29, 1.82) is 5.26 Å². The molecule has 1 aliphatic heterocycles. The van der Waals surface area contributed by atoms with Gasteiger partial charge in [-0.1, -0.05) is 0 Å². The van der Waals surface area contributed by atoms with Gasteiger partial charge in [0, 0.05) is 6.21 Å². The highest BCUT2D eigenvalue weighted by molar-refractivity contribution is 6.19. The van der Waals surface area contributed by atoms with Crippen molar-refractivity contribution in [3.63, 3.8) is 0 Å². The molecule has 0 aromatic heterocycles. The first-order valence-electron chi connectivity index (χ1n) is 4.74. The number of anilines is 1. The van der Waals surface area contributed by atoms with Crippen LogP contribution in [0.25, 0.3) is 0 Å². The number of benzene rings is 1. The van der Waals surface area contributed by atoms with E-state index in [4.69, 9.17) is 10.4 Å². The van der Waals surface area contributed by atoms with Gasteiger partial charge in [0.1, 0.15) is 0 Å². The minimum Gasteiger partial charge on any atom is -0.480 e. The Morgan fingerprint density at radius 1 is 1.41 bits per heavy atom. The number of hydrazone groups is 1. The summed E-state index contributed by atoms with van der Waals surface area (Å²) in [6.07, 6.45) is 1.09. The van der Waals surface area contributed by atoms with Crippen molar-refractivity contribution >= 4 is 23.8 Å². The molecular weight excluding hydrogens is 222 g/mol. The molecule has 6 heteroatoms. The summed E-state index contributed by atoms with van der Waals surface area (Å²) in [5.41, 5.74) is 0.896. The first-order valence-corrected chi connectivity index (χ1v) is 4.74. The van der Waals surface area contributed by atoms with Crippen LogP contribution in [0, 0.1) is 17.2 Å². The van der Waals surface area contributed by atoms with Gasteiger partial charge in [0.25, 0.3) is 5.91 Å². The molecule has 1 aromatic carbocycles. The predicted molar refractivity (Wildman–Crippen MR) is 58.3 cm³/mol. The first-order chi connectivity index (χ1) is 8.13. The molecule has 84 valence electrons. The number of nitrogens with zero attached hydrogens (tertiary/aromatic N) is 3. The van der Waals surface area contributed by atoms with Crippen LogP contribution in [0.15, 0.2) is 29.4 Å². The lowest BCUT2D eigenvalue weighted by molar-refractivity contribution is -0.142. The molecule has 1 atom stereocenters. The van der Waals surface area contributed by atoms with Crippen LogP contribution >= 0.6 is 0 Å². The highest BCUT2D eigenvalue weighted by Gasteiger charge is 2.34. The van der Waals surface area contributed by atoms with Crippen molar-refractivity contribution in [3.8, 4) is 6.07 Å². The molecule has 0 fully saturated rings. The molecule has 1 amide bonds. The summed E-state index contributed by atoms with van der Waals surface area (Å²) in [6.45, 7) is 0. The Morgan fingerprint density at radius 2 is 2.06 bits per heavy atom. The van der Waals surface area contributed by atoms with Gasteiger partial charge in [-0.15, -0.1) is 0 Å². The molecule has 0 spiro atoms. The zero-order chi connectivity index (χ0) is 12.4. The van der Waals surface area contributed by atoms with Crippen molar-refractivity contribution in [1.82, 2.24) is 0 Å². The lowest BCUT2D eigenvalue weighted by Crippen LogP contribution is -2.30. The molecule has 1 N–H and O–H groups in total. The number of carbonyl (C=O) groups is 2. The fraction of sp³-hybridized carbons (Fsp3) is 0.0909. The number of nitriles is 1. The van der Waals surface area contributed by atoms with Crippen LogP contribution in [0.1, 0.15) is 5.56 Å². The molecular formula is C11H7N3O3. The molecule has 0 radical (unpaired) electrons. The summed E-state index contributed by atoms with van der Waals surface area (Å²) in [6, 6.07) is 8.09. The Morgan fingerprint density at radius 3 is 2.53 bits per heavy atom. The average molecular weight is 229 g/mol. The standard InChI is InChI=1S/C11H7N3O3/c12-5-7-1-3-8(4-2-7)14-10(15)9(6-13-14)11(16)17/h1-4,6,9H,(H,16,17). The van der Waals surface area contributed by atoms with E-state index in [9.17, 15) is 9.59 Å². The molecule has 0 aliphatic carbocycles. The van der Waals surface area contributed by atoms with E-state index in [1.165, 1.54) is 24.3 Å². The number of aliphatic carboxylic acids is 1. The molecule has 2 rings (SSSR count). The van der Waals surface area contributed by atoms with Crippen molar-refractivity contribution in [2.75, 3.05) is 5.01 Å². The van der Waals surface area contributed by atoms with Crippen molar-refractivity contribution < 1.29 is 14.7 Å². The molecule has 6 nitrogen and oxygen atoms in total. The lowest BCUT2D eigenvalue weighted by atomic mass is 10.1. The highest BCUT2D eigenvalue weighted by Crippen LogP contribution is 2.21. The summed E-state index contributed by atoms with van der Waals surface area (Å²) in [7, 11) is 0. The van der Waals surface area contributed by atoms with Gasteiger partial charge in [-0.25, -0.2) is 0 Å². The maximum absolute atomic E-state index is 11.7. The third-order valence-electron chi connectivity index (χ3n) is 2.31. The van der Waals surface area contributed by atoms with Crippen LogP contribution < -0.4 is 5.01 Å². The van der Waals surface area contributed by atoms with Crippen molar-refractivity contribution in [2.24, 2.45) is 11.0 Å². The van der Waals surface area contributed by atoms with Crippen LogP contribution in [0.3, 0.4) is 0 Å². The van der Waals surface area contributed by atoms with Crippen LogP contribution in [-0.4, -0.2) is 23.2 Å². The summed E-state index contributed by atoms with van der Waals surface area (Å²) in [5, 5.41) is 22.1. The van der Waals surface area contributed by atoms with E-state index in [0.29, 0.717) is 11.3 Å². The summed E-state index contributed by atoms with van der Waals surface area (Å²) < 4.78 is 0. The van der Waals surface area contributed by atoms with Crippen LogP contribution in [0.4, 0.5) is 5.69 Å². The van der Waals surface area contributed by atoms with Crippen molar-refractivity contribution in [3.05, 3.63) is 29.8 Å². The molecule has 1 heterocycles.